The fourth-order valence-corrected chi connectivity index (χ4v) is 12.3. The van der Waals surface area contributed by atoms with E-state index in [1.807, 2.05) is 72.8 Å². The Morgan fingerprint density at radius 3 is 1.04 bits per heavy atom. The molecule has 7 nitrogen and oxygen atoms in total. The summed E-state index contributed by atoms with van der Waals surface area (Å²) < 4.78 is 12.0. The molecule has 0 amide bonds. The quantitative estimate of drug-likeness (QED) is 0.144. The van der Waals surface area contributed by atoms with Gasteiger partial charge in [-0.3, -0.25) is 0 Å². The summed E-state index contributed by atoms with van der Waals surface area (Å²) in [6.07, 6.45) is 0. The van der Waals surface area contributed by atoms with E-state index in [1.165, 1.54) is 0 Å². The maximum Gasteiger partial charge on any atom is 0.167 e. The first-order valence-corrected chi connectivity index (χ1v) is 27.8. The summed E-state index contributed by atoms with van der Waals surface area (Å²) in [4.78, 5) is 15.4. The second-order valence-electron chi connectivity index (χ2n) is 21.0. The minimum atomic E-state index is 0.389. The maximum absolute atomic E-state index is 12.2. The molecule has 16 aromatic rings. The van der Waals surface area contributed by atoms with Crippen LogP contribution in [0.1, 0.15) is 5.56 Å². The standard InChI is InChI=1S/C76H46N6O/c77-47-65-71(82-68-40-36-56(50-24-11-3-12-25-50)44-62(68)63-45-57(37-41-69(63)82)51-26-13-4-14-27-51)70(81-66-38-34-54(48-20-7-1-8-21-48)42-60(66)61-43-55(35-39-67(61)81)49-22-9-2-10-23-49)46-64-58-32-19-33-59(72(58)83-73(64)65)76-79-74(52-28-15-5-16-29-52)78-75(80-76)53-30-17-6-18-31-53/h1-46H. The number of furan rings is 1. The number of hydrogen-bond donors (Lipinski definition) is 0. The molecule has 12 aromatic carbocycles. The number of nitrogens with zero attached hydrogens (tertiary/aromatic N) is 6. The van der Waals surface area contributed by atoms with Crippen molar-refractivity contribution >= 4 is 65.6 Å². The number of aromatic nitrogens is 5. The number of hydrogen-bond acceptors (Lipinski definition) is 5. The van der Waals surface area contributed by atoms with E-state index in [0.29, 0.717) is 45.5 Å². The van der Waals surface area contributed by atoms with E-state index in [-0.39, 0.29) is 0 Å². The third-order valence-electron chi connectivity index (χ3n) is 16.2. The summed E-state index contributed by atoms with van der Waals surface area (Å²) in [7, 11) is 0. The van der Waals surface area contributed by atoms with Crippen molar-refractivity contribution in [2.75, 3.05) is 0 Å². The average Bonchev–Trinajstić information content (AvgIpc) is 2.12. The fourth-order valence-electron chi connectivity index (χ4n) is 12.3. The molecule has 0 fully saturated rings. The number of fused-ring (bicyclic) bond motifs is 9. The van der Waals surface area contributed by atoms with Crippen molar-refractivity contribution in [3.05, 3.63) is 285 Å². The van der Waals surface area contributed by atoms with E-state index in [2.05, 4.69) is 221 Å². The fraction of sp³-hybridized carbons (Fsp3) is 0. The van der Waals surface area contributed by atoms with Crippen molar-refractivity contribution in [3.8, 4) is 96.1 Å². The van der Waals surface area contributed by atoms with Crippen LogP contribution < -0.4 is 0 Å². The molecular formula is C76H46N6O. The first-order valence-electron chi connectivity index (χ1n) is 27.8. The summed E-state index contributed by atoms with van der Waals surface area (Å²) in [5.41, 5.74) is 18.1. The number of benzene rings is 12. The maximum atomic E-state index is 12.2. The van der Waals surface area contributed by atoms with Crippen LogP contribution in [0.5, 0.6) is 0 Å². The Bertz CT molecular complexity index is 4990. The Labute approximate surface area is 477 Å². The van der Waals surface area contributed by atoms with Gasteiger partial charge in [-0.2, -0.15) is 5.26 Å². The minimum Gasteiger partial charge on any atom is -0.454 e. The van der Waals surface area contributed by atoms with Crippen molar-refractivity contribution in [2.45, 2.75) is 0 Å². The lowest BCUT2D eigenvalue weighted by Crippen LogP contribution is -2.06. The zero-order valence-electron chi connectivity index (χ0n) is 44.6. The molecule has 4 heterocycles. The monoisotopic (exact) mass is 1060 g/mol. The van der Waals surface area contributed by atoms with Crippen molar-refractivity contribution in [3.63, 3.8) is 0 Å². The van der Waals surface area contributed by atoms with E-state index in [4.69, 9.17) is 19.4 Å². The van der Waals surface area contributed by atoms with Crippen LogP contribution in [-0.4, -0.2) is 24.1 Å². The van der Waals surface area contributed by atoms with Gasteiger partial charge in [0, 0.05) is 43.4 Å². The Balaban J connectivity index is 1.04. The largest absolute Gasteiger partial charge is 0.454 e. The lowest BCUT2D eigenvalue weighted by Gasteiger charge is -2.19. The molecule has 0 atom stereocenters. The van der Waals surface area contributed by atoms with Crippen molar-refractivity contribution in [1.82, 2.24) is 24.1 Å². The summed E-state index contributed by atoms with van der Waals surface area (Å²) >= 11 is 0. The molecule has 7 heteroatoms. The normalized spacial score (nSPS) is 11.6. The summed E-state index contributed by atoms with van der Waals surface area (Å²) in [5, 5.41) is 18.1. The summed E-state index contributed by atoms with van der Waals surface area (Å²) in [6.45, 7) is 0. The van der Waals surface area contributed by atoms with Crippen molar-refractivity contribution in [2.24, 2.45) is 0 Å². The molecule has 0 radical (unpaired) electrons. The average molecular weight is 1060 g/mol. The lowest BCUT2D eigenvalue weighted by atomic mass is 10.0. The van der Waals surface area contributed by atoms with Gasteiger partial charge >= 0.3 is 0 Å². The van der Waals surface area contributed by atoms with Crippen LogP contribution in [0.3, 0.4) is 0 Å². The molecule has 0 saturated heterocycles. The third kappa shape index (κ3) is 7.92. The van der Waals surface area contributed by atoms with Gasteiger partial charge in [-0.15, -0.1) is 0 Å². The Morgan fingerprint density at radius 2 is 0.651 bits per heavy atom. The molecule has 0 aliphatic heterocycles. The predicted octanol–water partition coefficient (Wildman–Crippen LogP) is 19.5. The molecule has 0 unspecified atom stereocenters. The van der Waals surface area contributed by atoms with Gasteiger partial charge in [0.25, 0.3) is 0 Å². The molecule has 0 aliphatic rings. The summed E-state index contributed by atoms with van der Waals surface area (Å²) in [5.74, 6) is 1.54. The zero-order valence-corrected chi connectivity index (χ0v) is 44.6. The molecule has 0 aliphatic carbocycles. The van der Waals surface area contributed by atoms with E-state index >= 15 is 0 Å². The molecule has 0 spiro atoms. The van der Waals surface area contributed by atoms with E-state index in [0.717, 1.165) is 116 Å². The summed E-state index contributed by atoms with van der Waals surface area (Å²) in [6, 6.07) is 100. The van der Waals surface area contributed by atoms with Crippen LogP contribution >= 0.6 is 0 Å². The predicted molar refractivity (Wildman–Crippen MR) is 339 cm³/mol. The van der Waals surface area contributed by atoms with Crippen LogP contribution in [0.25, 0.3) is 156 Å². The van der Waals surface area contributed by atoms with Gasteiger partial charge in [-0.05, 0) is 105 Å². The van der Waals surface area contributed by atoms with Crippen LogP contribution in [-0.2, 0) is 0 Å². The highest BCUT2D eigenvalue weighted by molar-refractivity contribution is 6.17. The van der Waals surface area contributed by atoms with Crippen LogP contribution in [0, 0.1) is 11.3 Å². The highest BCUT2D eigenvalue weighted by atomic mass is 16.3. The van der Waals surface area contributed by atoms with Crippen LogP contribution in [0.2, 0.25) is 0 Å². The van der Waals surface area contributed by atoms with Gasteiger partial charge in [-0.25, -0.2) is 15.0 Å². The van der Waals surface area contributed by atoms with Crippen molar-refractivity contribution in [1.29, 1.82) is 5.26 Å². The van der Waals surface area contributed by atoms with Gasteiger partial charge < -0.3 is 13.6 Å². The molecule has 16 rings (SSSR count). The molecule has 83 heavy (non-hydrogen) atoms. The Kier molecular flexibility index (Phi) is 11.1. The lowest BCUT2D eigenvalue weighted by molar-refractivity contribution is 0.667. The molecule has 4 aromatic heterocycles. The second-order valence-corrected chi connectivity index (χ2v) is 21.0. The molecular weight excluding hydrogens is 1010 g/mol. The Morgan fingerprint density at radius 1 is 0.289 bits per heavy atom. The SMILES string of the molecule is N#Cc1c(-n2c3ccc(-c4ccccc4)cc3c3cc(-c4ccccc4)ccc32)c(-n2c3ccc(-c4ccccc4)cc3c3cc(-c4ccccc4)ccc32)cc2c1oc1c(-c3nc(-c4ccccc4)nc(-c4ccccc4)n3)cccc12. The first-order chi connectivity index (χ1) is 41.1. The van der Waals surface area contributed by atoms with Crippen LogP contribution in [0.4, 0.5) is 0 Å². The van der Waals surface area contributed by atoms with Gasteiger partial charge in [-0.1, -0.05) is 218 Å². The zero-order chi connectivity index (χ0) is 55.0. The van der Waals surface area contributed by atoms with Gasteiger partial charge in [0.2, 0.25) is 0 Å². The number of nitriles is 1. The second kappa shape index (κ2) is 19.4. The first kappa shape index (κ1) is 47.5. The van der Waals surface area contributed by atoms with Gasteiger partial charge in [0.05, 0.1) is 39.0 Å². The number of para-hydroxylation sites is 1. The minimum absolute atomic E-state index is 0.389. The van der Waals surface area contributed by atoms with E-state index in [9.17, 15) is 5.26 Å². The highest BCUT2D eigenvalue weighted by Crippen LogP contribution is 2.47. The van der Waals surface area contributed by atoms with E-state index in [1.54, 1.807) is 0 Å². The van der Waals surface area contributed by atoms with E-state index < -0.39 is 0 Å². The smallest absolute Gasteiger partial charge is 0.167 e. The topological polar surface area (TPSA) is 85.5 Å². The number of rotatable bonds is 9. The molecule has 386 valence electrons. The van der Waals surface area contributed by atoms with Crippen molar-refractivity contribution < 1.29 is 4.42 Å². The molecule has 0 bridgehead atoms. The van der Waals surface area contributed by atoms with Crippen LogP contribution in [0.15, 0.2) is 283 Å². The van der Waals surface area contributed by atoms with Gasteiger partial charge in [0.1, 0.15) is 17.2 Å². The van der Waals surface area contributed by atoms with Gasteiger partial charge in [0.15, 0.2) is 23.1 Å². The molecule has 0 saturated carbocycles. The third-order valence-corrected chi connectivity index (χ3v) is 16.2. The Hall–Kier alpha value is -11.5. The highest BCUT2D eigenvalue weighted by Gasteiger charge is 2.29. The molecule has 0 N–H and O–H groups in total.